The van der Waals surface area contributed by atoms with Crippen LogP contribution in [-0.4, -0.2) is 49.2 Å². The zero-order valence-corrected chi connectivity index (χ0v) is 34.3. The van der Waals surface area contributed by atoms with Crippen LogP contribution in [0.25, 0.3) is 0 Å². The largest absolute Gasteiger partial charge is 0.469 e. The maximum Gasteiger partial charge on any atom is 0.469 e. The normalized spacial score (nSPS) is 15.3. The lowest BCUT2D eigenvalue weighted by atomic mass is 10.1. The van der Waals surface area contributed by atoms with Gasteiger partial charge in [-0.25, -0.2) is 0 Å². The van der Waals surface area contributed by atoms with E-state index in [2.05, 4.69) is 115 Å². The fraction of sp³-hybridized carbons (Fsp3) is 1.00. The summed E-state index contributed by atoms with van der Waals surface area (Å²) in [6, 6.07) is 2.21. The van der Waals surface area contributed by atoms with Crippen LogP contribution in [0.3, 0.4) is 0 Å². The van der Waals surface area contributed by atoms with E-state index in [9.17, 15) is 0 Å². The molecule has 0 aromatic rings. The summed E-state index contributed by atoms with van der Waals surface area (Å²) in [6.45, 7) is 40.0. The van der Waals surface area contributed by atoms with Crippen molar-refractivity contribution in [2.24, 2.45) is 0 Å². The van der Waals surface area contributed by atoms with Crippen LogP contribution in [0.4, 0.5) is 0 Å². The summed E-state index contributed by atoms with van der Waals surface area (Å²) in [5.74, 6) is 0. The van der Waals surface area contributed by atoms with Crippen LogP contribution in [0, 0.1) is 0 Å². The number of rotatable bonds is 16. The molecule has 0 saturated heterocycles. The molecule has 0 aliphatic rings. The van der Waals surface area contributed by atoms with Gasteiger partial charge in [0.15, 0.2) is 33.3 Å². The van der Waals surface area contributed by atoms with Gasteiger partial charge in [-0.05, 0) is 80.0 Å². The molecule has 0 bridgehead atoms. The molecular weight excluding hydrogens is 553 g/mol. The smallest absolute Gasteiger partial charge is 0.420 e. The maximum atomic E-state index is 7.44. The Hall–Kier alpha value is 0.924. The van der Waals surface area contributed by atoms with Gasteiger partial charge in [0, 0.05) is 13.2 Å². The van der Waals surface area contributed by atoms with E-state index in [-0.39, 0.29) is 15.1 Å². The zero-order chi connectivity index (χ0) is 30.5. The van der Waals surface area contributed by atoms with Crippen LogP contribution < -0.4 is 0 Å². The summed E-state index contributed by atoms with van der Waals surface area (Å²) in [6.07, 6.45) is 7.54. The number of hydrogen-bond donors (Lipinski definition) is 0. The fourth-order valence-corrected chi connectivity index (χ4v) is 21.4. The lowest BCUT2D eigenvalue weighted by molar-refractivity contribution is 0.227. The van der Waals surface area contributed by atoms with Gasteiger partial charge in [-0.15, -0.1) is 0 Å². The molecule has 0 radical (unpaired) electrons. The SMILES string of the molecule is CO[Si](C)(C)CCCCCCCC[Si](O[Si](C)(C)C(C)(C)C)(O[Si](C)(C)C(C)(C)C)O[Si](C)(C)C(C)(C)C. The molecule has 0 aromatic carbocycles. The molecule has 9 heteroatoms. The van der Waals surface area contributed by atoms with Gasteiger partial charge in [-0.1, -0.05) is 94.4 Å². The third-order valence-electron chi connectivity index (χ3n) is 9.71. The van der Waals surface area contributed by atoms with E-state index in [0.29, 0.717) is 0 Å². The second kappa shape index (κ2) is 13.9. The topological polar surface area (TPSA) is 36.9 Å². The highest BCUT2D eigenvalue weighted by Gasteiger charge is 2.57. The Morgan fingerprint density at radius 3 is 0.947 bits per heavy atom. The highest BCUT2D eigenvalue weighted by Crippen LogP contribution is 2.47. The van der Waals surface area contributed by atoms with Gasteiger partial charge in [0.05, 0.1) is 0 Å². The van der Waals surface area contributed by atoms with Crippen LogP contribution in [0.2, 0.25) is 79.6 Å². The van der Waals surface area contributed by atoms with Crippen LogP contribution in [0.15, 0.2) is 0 Å². The molecule has 0 atom stereocenters. The van der Waals surface area contributed by atoms with Gasteiger partial charge >= 0.3 is 8.80 Å². The minimum Gasteiger partial charge on any atom is -0.420 e. The molecule has 0 amide bonds. The maximum absolute atomic E-state index is 7.44. The third kappa shape index (κ3) is 12.4. The van der Waals surface area contributed by atoms with E-state index in [0.717, 1.165) is 12.5 Å². The highest BCUT2D eigenvalue weighted by molar-refractivity contribution is 6.92. The zero-order valence-electron chi connectivity index (χ0n) is 29.3. The number of hydrogen-bond acceptors (Lipinski definition) is 4. The standard InChI is InChI=1S/C29H70O4Si5/c1-27(2,3)35(13,14)31-38(32-36(15,16)28(4,5)6,33-37(17,18)29(7,8)9)26-24-22-20-19-21-23-25-34(11,12)30-10/h19-26H2,1-18H3. The predicted molar refractivity (Wildman–Crippen MR) is 182 cm³/mol. The Kier molecular flexibility index (Phi) is 14.3. The molecule has 230 valence electrons. The Bertz CT molecular complexity index is 632. The van der Waals surface area contributed by atoms with Crippen molar-refractivity contribution in [2.75, 3.05) is 7.11 Å². The summed E-state index contributed by atoms with van der Waals surface area (Å²) in [4.78, 5) is 0. The Morgan fingerprint density at radius 1 is 0.421 bits per heavy atom. The van der Waals surface area contributed by atoms with Gasteiger partial charge < -0.3 is 16.8 Å². The fourth-order valence-electron chi connectivity index (χ4n) is 3.54. The van der Waals surface area contributed by atoms with E-state index in [1.165, 1.54) is 38.1 Å². The summed E-state index contributed by atoms with van der Waals surface area (Å²) >= 11 is 0. The first-order valence-corrected chi connectivity index (χ1v) is 29.1. The average Bonchev–Trinajstić information content (AvgIpc) is 2.66. The molecule has 0 aromatic heterocycles. The van der Waals surface area contributed by atoms with E-state index < -0.39 is 42.1 Å². The van der Waals surface area contributed by atoms with Crippen molar-refractivity contribution in [3.05, 3.63) is 0 Å². The predicted octanol–water partition coefficient (Wildman–Crippen LogP) is 11.2. The molecule has 0 fully saturated rings. The first kappa shape index (κ1) is 38.9. The van der Waals surface area contributed by atoms with E-state index in [1.807, 2.05) is 7.11 Å². The van der Waals surface area contributed by atoms with Gasteiger partial charge in [0.25, 0.3) is 0 Å². The van der Waals surface area contributed by atoms with Crippen molar-refractivity contribution in [1.82, 2.24) is 0 Å². The molecule has 0 spiro atoms. The summed E-state index contributed by atoms with van der Waals surface area (Å²) in [7, 11) is -8.86. The van der Waals surface area contributed by atoms with Crippen LogP contribution in [0.5, 0.6) is 0 Å². The van der Waals surface area contributed by atoms with E-state index in [1.54, 1.807) is 0 Å². The van der Waals surface area contributed by atoms with Gasteiger partial charge in [-0.3, -0.25) is 0 Å². The third-order valence-corrected chi connectivity index (χ3v) is 34.0. The lowest BCUT2D eigenvalue weighted by Gasteiger charge is -2.52. The Balaban J connectivity index is 5.97. The monoisotopic (exact) mass is 622 g/mol. The lowest BCUT2D eigenvalue weighted by Crippen LogP contribution is -2.65. The van der Waals surface area contributed by atoms with Crippen molar-refractivity contribution in [3.63, 3.8) is 0 Å². The summed E-state index contributed by atoms with van der Waals surface area (Å²) in [5, 5.41) is 0.328. The quantitative estimate of drug-likeness (QED) is 0.127. The second-order valence-corrected chi connectivity index (χ2v) is 39.2. The van der Waals surface area contributed by atoms with Gasteiger partial charge in [-0.2, -0.15) is 0 Å². The Labute approximate surface area is 245 Å². The average molecular weight is 623 g/mol. The molecule has 38 heavy (non-hydrogen) atoms. The van der Waals surface area contributed by atoms with Crippen molar-refractivity contribution in [1.29, 1.82) is 0 Å². The molecular formula is C29H70O4Si5. The first-order chi connectivity index (χ1) is 16.6. The molecule has 0 aliphatic carbocycles. The molecule has 0 N–H and O–H groups in total. The van der Waals surface area contributed by atoms with Crippen LogP contribution >= 0.6 is 0 Å². The van der Waals surface area contributed by atoms with Gasteiger partial charge in [0.2, 0.25) is 0 Å². The highest BCUT2D eigenvalue weighted by atomic mass is 28.5. The second-order valence-electron chi connectivity index (χ2n) is 16.9. The van der Waals surface area contributed by atoms with Crippen LogP contribution in [-0.2, 0) is 16.8 Å². The van der Waals surface area contributed by atoms with Crippen molar-refractivity contribution in [3.8, 4) is 0 Å². The number of unbranched alkanes of at least 4 members (excludes halogenated alkanes) is 5. The van der Waals surface area contributed by atoms with Crippen molar-refractivity contribution in [2.45, 2.75) is 180 Å². The first-order valence-electron chi connectivity index (χ1n) is 15.3. The van der Waals surface area contributed by atoms with E-state index >= 15 is 0 Å². The molecule has 0 saturated carbocycles. The summed E-state index contributed by atoms with van der Waals surface area (Å²) in [5.41, 5.74) is 0. The summed E-state index contributed by atoms with van der Waals surface area (Å²) < 4.78 is 28.0. The molecule has 0 rings (SSSR count). The minimum atomic E-state index is -2.96. The van der Waals surface area contributed by atoms with Gasteiger partial charge in [0.1, 0.15) is 0 Å². The van der Waals surface area contributed by atoms with Crippen molar-refractivity contribution >= 4 is 42.1 Å². The molecule has 0 aliphatic heterocycles. The molecule has 0 heterocycles. The van der Waals surface area contributed by atoms with E-state index in [4.69, 9.17) is 16.8 Å². The minimum absolute atomic E-state index is 0.109. The molecule has 0 unspecified atom stereocenters. The van der Waals surface area contributed by atoms with Crippen LogP contribution in [0.1, 0.15) is 101 Å². The van der Waals surface area contributed by atoms with Crippen molar-refractivity contribution < 1.29 is 16.8 Å². The Morgan fingerprint density at radius 2 is 0.684 bits per heavy atom. The molecule has 4 nitrogen and oxygen atoms in total.